The monoisotopic (exact) mass is 375 g/mol. The van der Waals surface area contributed by atoms with Crippen molar-refractivity contribution < 1.29 is 0 Å². The SMILES string of the molecule is I.Nc1ccccc1.c1ccc(-c2ccccc2)cc1. The average molecular weight is 375 g/mol. The quantitative estimate of drug-likeness (QED) is 0.457. The lowest BCUT2D eigenvalue weighted by Crippen LogP contribution is -1.79. The summed E-state index contributed by atoms with van der Waals surface area (Å²) in [5, 5.41) is 0. The minimum atomic E-state index is 0. The molecule has 2 N–H and O–H groups in total. The van der Waals surface area contributed by atoms with E-state index in [0.717, 1.165) is 5.69 Å². The number of nitrogens with two attached hydrogens (primary N) is 1. The van der Waals surface area contributed by atoms with E-state index in [2.05, 4.69) is 48.5 Å². The molecule has 0 atom stereocenters. The second kappa shape index (κ2) is 9.15. The first kappa shape index (κ1) is 16.2. The zero-order valence-electron chi connectivity index (χ0n) is 11.1. The molecule has 0 saturated heterocycles. The number of para-hydroxylation sites is 1. The van der Waals surface area contributed by atoms with Crippen LogP contribution in [0, 0.1) is 0 Å². The van der Waals surface area contributed by atoms with Crippen LogP contribution in [0.1, 0.15) is 0 Å². The van der Waals surface area contributed by atoms with Crippen molar-refractivity contribution in [3.63, 3.8) is 0 Å². The molecule has 0 bridgehead atoms. The van der Waals surface area contributed by atoms with Gasteiger partial charge >= 0.3 is 0 Å². The summed E-state index contributed by atoms with van der Waals surface area (Å²) in [7, 11) is 0. The summed E-state index contributed by atoms with van der Waals surface area (Å²) in [4.78, 5) is 0. The van der Waals surface area contributed by atoms with E-state index in [0.29, 0.717) is 0 Å². The van der Waals surface area contributed by atoms with Crippen LogP contribution in [0.15, 0.2) is 91.0 Å². The normalized spacial score (nSPS) is 8.80. The number of benzene rings is 3. The molecule has 102 valence electrons. The van der Waals surface area contributed by atoms with E-state index in [9.17, 15) is 0 Å². The van der Waals surface area contributed by atoms with E-state index >= 15 is 0 Å². The standard InChI is InChI=1S/C12H10.C6H7N.HI/c1-3-7-11(8-4-1)12-9-5-2-6-10-12;7-6-4-2-1-3-5-6;/h1-10H;1-5H,7H2;1H. The van der Waals surface area contributed by atoms with E-state index in [-0.39, 0.29) is 24.0 Å². The number of anilines is 1. The number of nitrogen functional groups attached to an aromatic ring is 1. The fourth-order valence-corrected chi connectivity index (χ4v) is 1.71. The van der Waals surface area contributed by atoms with Crippen molar-refractivity contribution in [2.75, 3.05) is 5.73 Å². The Morgan fingerprint density at radius 1 is 0.450 bits per heavy atom. The highest BCUT2D eigenvalue weighted by atomic mass is 127. The molecule has 3 aromatic rings. The Hall–Kier alpha value is -1.81. The first-order valence-corrected chi connectivity index (χ1v) is 6.27. The lowest BCUT2D eigenvalue weighted by atomic mass is 10.1. The van der Waals surface area contributed by atoms with E-state index in [4.69, 9.17) is 5.73 Å². The molecule has 0 radical (unpaired) electrons. The molecule has 1 nitrogen and oxygen atoms in total. The summed E-state index contributed by atoms with van der Waals surface area (Å²) in [5.41, 5.74) is 8.73. The maximum Gasteiger partial charge on any atom is 0.0313 e. The van der Waals surface area contributed by atoms with Gasteiger partial charge in [-0.2, -0.15) is 0 Å². The molecule has 0 aliphatic heterocycles. The van der Waals surface area contributed by atoms with Gasteiger partial charge in [0.1, 0.15) is 0 Å². The Morgan fingerprint density at radius 3 is 1.00 bits per heavy atom. The molecule has 0 heterocycles. The number of hydrogen-bond acceptors (Lipinski definition) is 1. The van der Waals surface area contributed by atoms with Gasteiger partial charge in [-0.25, -0.2) is 0 Å². The summed E-state index contributed by atoms with van der Waals surface area (Å²) in [6, 6.07) is 30.3. The smallest absolute Gasteiger partial charge is 0.0313 e. The van der Waals surface area contributed by atoms with E-state index in [1.54, 1.807) is 0 Å². The maximum atomic E-state index is 5.36. The van der Waals surface area contributed by atoms with E-state index in [1.807, 2.05) is 42.5 Å². The van der Waals surface area contributed by atoms with Gasteiger partial charge in [-0.05, 0) is 23.3 Å². The molecule has 20 heavy (non-hydrogen) atoms. The third-order valence-electron chi connectivity index (χ3n) is 2.68. The van der Waals surface area contributed by atoms with Crippen LogP contribution in [0.3, 0.4) is 0 Å². The molecule has 0 fully saturated rings. The number of hydrogen-bond donors (Lipinski definition) is 1. The van der Waals surface area contributed by atoms with Crippen LogP contribution in [-0.4, -0.2) is 0 Å². The van der Waals surface area contributed by atoms with Crippen molar-refractivity contribution in [1.82, 2.24) is 0 Å². The number of halogens is 1. The number of rotatable bonds is 1. The van der Waals surface area contributed by atoms with E-state index < -0.39 is 0 Å². The van der Waals surface area contributed by atoms with Crippen molar-refractivity contribution in [2.45, 2.75) is 0 Å². The molecule has 0 aliphatic carbocycles. The second-order valence-electron chi connectivity index (χ2n) is 4.14. The van der Waals surface area contributed by atoms with Crippen LogP contribution in [0.5, 0.6) is 0 Å². The van der Waals surface area contributed by atoms with Crippen LogP contribution in [0.4, 0.5) is 5.69 Å². The molecule has 3 aromatic carbocycles. The topological polar surface area (TPSA) is 26.0 Å². The Bertz CT molecular complexity index is 542. The molecule has 0 aromatic heterocycles. The lowest BCUT2D eigenvalue weighted by molar-refractivity contribution is 1.62. The van der Waals surface area contributed by atoms with Crippen molar-refractivity contribution in [1.29, 1.82) is 0 Å². The highest BCUT2D eigenvalue weighted by Gasteiger charge is 1.91. The van der Waals surface area contributed by atoms with Crippen LogP contribution < -0.4 is 5.73 Å². The van der Waals surface area contributed by atoms with Crippen LogP contribution >= 0.6 is 24.0 Å². The van der Waals surface area contributed by atoms with Crippen LogP contribution in [-0.2, 0) is 0 Å². The molecule has 0 amide bonds. The fraction of sp³-hybridized carbons (Fsp3) is 0. The van der Waals surface area contributed by atoms with Crippen molar-refractivity contribution >= 4 is 29.7 Å². The molecule has 0 aliphatic rings. The maximum absolute atomic E-state index is 5.36. The Kier molecular flexibility index (Phi) is 7.43. The predicted molar refractivity (Wildman–Crippen MR) is 98.1 cm³/mol. The second-order valence-corrected chi connectivity index (χ2v) is 4.14. The van der Waals surface area contributed by atoms with Crippen molar-refractivity contribution in [3.05, 3.63) is 91.0 Å². The lowest BCUT2D eigenvalue weighted by Gasteiger charge is -1.98. The van der Waals surface area contributed by atoms with Gasteiger partial charge in [0.05, 0.1) is 0 Å². The van der Waals surface area contributed by atoms with Gasteiger partial charge in [0, 0.05) is 5.69 Å². The molecular weight excluding hydrogens is 357 g/mol. The Labute approximate surface area is 137 Å². The largest absolute Gasteiger partial charge is 0.399 e. The Morgan fingerprint density at radius 2 is 0.750 bits per heavy atom. The minimum Gasteiger partial charge on any atom is -0.399 e. The summed E-state index contributed by atoms with van der Waals surface area (Å²) in [6.45, 7) is 0. The third-order valence-corrected chi connectivity index (χ3v) is 2.68. The summed E-state index contributed by atoms with van der Waals surface area (Å²) in [5.74, 6) is 0. The Balaban J connectivity index is 0.000000216. The van der Waals surface area contributed by atoms with Gasteiger partial charge in [-0.3, -0.25) is 0 Å². The van der Waals surface area contributed by atoms with Gasteiger partial charge in [0.25, 0.3) is 0 Å². The van der Waals surface area contributed by atoms with Crippen LogP contribution in [0.25, 0.3) is 11.1 Å². The summed E-state index contributed by atoms with van der Waals surface area (Å²) < 4.78 is 0. The summed E-state index contributed by atoms with van der Waals surface area (Å²) >= 11 is 0. The van der Waals surface area contributed by atoms with E-state index in [1.165, 1.54) is 11.1 Å². The van der Waals surface area contributed by atoms with Gasteiger partial charge in [-0.1, -0.05) is 78.9 Å². The molecule has 0 spiro atoms. The molecule has 3 rings (SSSR count). The first-order chi connectivity index (χ1) is 9.36. The molecule has 0 unspecified atom stereocenters. The fourth-order valence-electron chi connectivity index (χ4n) is 1.71. The zero-order valence-corrected chi connectivity index (χ0v) is 13.5. The van der Waals surface area contributed by atoms with Gasteiger partial charge in [0.2, 0.25) is 0 Å². The highest BCUT2D eigenvalue weighted by molar-refractivity contribution is 14.0. The molecule has 0 saturated carbocycles. The predicted octanol–water partition coefficient (Wildman–Crippen LogP) is 5.24. The highest BCUT2D eigenvalue weighted by Crippen LogP contribution is 2.17. The molecular formula is C18H18IN. The minimum absolute atomic E-state index is 0. The van der Waals surface area contributed by atoms with Crippen molar-refractivity contribution in [3.8, 4) is 11.1 Å². The average Bonchev–Trinajstić information content (AvgIpc) is 2.51. The van der Waals surface area contributed by atoms with Crippen LogP contribution in [0.2, 0.25) is 0 Å². The van der Waals surface area contributed by atoms with Gasteiger partial charge < -0.3 is 5.73 Å². The van der Waals surface area contributed by atoms with Crippen molar-refractivity contribution in [2.24, 2.45) is 0 Å². The molecule has 2 heteroatoms. The van der Waals surface area contributed by atoms with Gasteiger partial charge in [-0.15, -0.1) is 24.0 Å². The third kappa shape index (κ3) is 5.45. The summed E-state index contributed by atoms with van der Waals surface area (Å²) in [6.07, 6.45) is 0. The zero-order chi connectivity index (χ0) is 13.3. The van der Waals surface area contributed by atoms with Gasteiger partial charge in [0.15, 0.2) is 0 Å². The first-order valence-electron chi connectivity index (χ1n) is 6.27.